The van der Waals surface area contributed by atoms with E-state index in [-0.39, 0.29) is 58.6 Å². The number of piperazine rings is 1. The molecular weight excluding hydrogens is 914 g/mol. The van der Waals surface area contributed by atoms with E-state index in [1.807, 2.05) is 30.3 Å². The Morgan fingerprint density at radius 3 is 2.40 bits per heavy atom. The second kappa shape index (κ2) is 17.9. The summed E-state index contributed by atoms with van der Waals surface area (Å²) in [6, 6.07) is 15.6. The van der Waals surface area contributed by atoms with Gasteiger partial charge >= 0.3 is 6.01 Å². The molecule has 3 unspecified atom stereocenters. The highest BCUT2D eigenvalue weighted by Gasteiger charge is 2.49. The van der Waals surface area contributed by atoms with Crippen molar-refractivity contribution < 1.29 is 33.4 Å². The zero-order valence-corrected chi connectivity index (χ0v) is 41.1. The van der Waals surface area contributed by atoms with E-state index in [0.717, 1.165) is 144 Å². The van der Waals surface area contributed by atoms with Crippen LogP contribution in [0.3, 0.4) is 0 Å². The fraction of sp³-hybridized carbons (Fsp3) is 0.536. The van der Waals surface area contributed by atoms with E-state index in [2.05, 4.69) is 38.3 Å². The molecule has 16 heteroatoms. The Kier molecular flexibility index (Phi) is 11.4. The summed E-state index contributed by atoms with van der Waals surface area (Å²) in [5, 5.41) is 19.2. The van der Waals surface area contributed by atoms with Crippen LogP contribution >= 0.6 is 0 Å². The molecule has 8 aliphatic rings. The largest absolute Gasteiger partial charge is 0.508 e. The lowest BCUT2D eigenvalue weighted by Crippen LogP contribution is -2.52. The van der Waals surface area contributed by atoms with Gasteiger partial charge in [0.25, 0.3) is 5.91 Å². The van der Waals surface area contributed by atoms with Crippen LogP contribution in [0.1, 0.15) is 105 Å². The maximum absolute atomic E-state index is 17.2. The highest BCUT2D eigenvalue weighted by Crippen LogP contribution is 2.52. The quantitative estimate of drug-likeness (QED) is 0.109. The van der Waals surface area contributed by atoms with Gasteiger partial charge in [-0.2, -0.15) is 9.97 Å². The molecule has 2 aromatic heterocycles. The second-order valence-corrected chi connectivity index (χ2v) is 22.6. The fourth-order valence-corrected chi connectivity index (χ4v) is 13.6. The maximum Gasteiger partial charge on any atom is 0.319 e. The van der Waals surface area contributed by atoms with Gasteiger partial charge in [-0.25, -0.2) is 4.39 Å². The van der Waals surface area contributed by atoms with Crippen LogP contribution in [0.4, 0.5) is 15.9 Å². The summed E-state index contributed by atoms with van der Waals surface area (Å²) in [5.74, 6) is -0.613. The number of carbonyl (C=O) groups is 3. The fourth-order valence-electron chi connectivity index (χ4n) is 13.6. The van der Waals surface area contributed by atoms with E-state index in [1.54, 1.807) is 23.2 Å². The molecular formula is C56H64FN9O6. The molecule has 5 aromatic rings. The minimum atomic E-state index is -0.604. The molecule has 6 aliphatic heterocycles. The molecule has 3 amide bonds. The summed E-state index contributed by atoms with van der Waals surface area (Å²) in [5.41, 5.74) is 5.00. The number of imide groups is 1. The Hall–Kier alpha value is -5.97. The summed E-state index contributed by atoms with van der Waals surface area (Å²) < 4.78 is 30.5. The van der Waals surface area contributed by atoms with E-state index in [4.69, 9.17) is 24.4 Å². The first-order valence-electron chi connectivity index (χ1n) is 26.6. The number of halogens is 1. The molecule has 5 saturated heterocycles. The van der Waals surface area contributed by atoms with Crippen LogP contribution in [0.15, 0.2) is 54.7 Å². The number of pyridine rings is 1. The number of likely N-dealkylation sites (tertiary alicyclic amines) is 1. The minimum Gasteiger partial charge on any atom is -0.508 e. The van der Waals surface area contributed by atoms with Gasteiger partial charge in [0.2, 0.25) is 11.8 Å². The number of nitrogens with zero attached hydrogens (tertiary/aromatic N) is 7. The van der Waals surface area contributed by atoms with Gasteiger partial charge in [-0.3, -0.25) is 24.7 Å². The van der Waals surface area contributed by atoms with Crippen LogP contribution in [0.25, 0.3) is 32.9 Å². The number of phenolic OH excluding ortho intramolecular Hbond substituents is 1. The standard InChI is InChI=1S/C56H64FN9O6/c1-2-33-4-3-5-34-23-39(67)24-43(47(33)34)49-48(57)50-44(27-58-49)51(65-29-36-6-7-37(30-65)59-36)62-54(61-50)71-32-56(14-15-56)31-63-18-12-40(13-19-63)72-41-25-55(26-41)16-20-64(21-17-55)38-8-9-42-35(22-38)28-66(53(42)70)45-10-11-46(68)60-52(45)69/h3-5,8-9,22-24,27,36-37,40-41,45,59,67H,2,6-7,10-21,25-26,28-32H2,1H3,(H,60,68,69). The Balaban J connectivity index is 0.620. The average Bonchev–Trinajstić information content (AvgIpc) is 3.95. The summed E-state index contributed by atoms with van der Waals surface area (Å²) in [4.78, 5) is 60.9. The van der Waals surface area contributed by atoms with Gasteiger partial charge in [-0.15, -0.1) is 0 Å². The van der Waals surface area contributed by atoms with Crippen LogP contribution in [-0.4, -0.2) is 130 Å². The van der Waals surface area contributed by atoms with Crippen LogP contribution in [0.5, 0.6) is 11.8 Å². The van der Waals surface area contributed by atoms with Gasteiger partial charge in [0.1, 0.15) is 28.8 Å². The van der Waals surface area contributed by atoms with Crippen molar-refractivity contribution in [2.24, 2.45) is 10.8 Å². The number of amides is 3. The third-order valence-corrected chi connectivity index (χ3v) is 17.8. The van der Waals surface area contributed by atoms with E-state index in [0.29, 0.717) is 65.5 Å². The van der Waals surface area contributed by atoms with Crippen molar-refractivity contribution in [3.63, 3.8) is 0 Å². The van der Waals surface area contributed by atoms with Crippen molar-refractivity contribution in [2.45, 2.75) is 127 Å². The van der Waals surface area contributed by atoms with Crippen molar-refractivity contribution >= 4 is 50.9 Å². The predicted octanol–water partition coefficient (Wildman–Crippen LogP) is 7.04. The van der Waals surface area contributed by atoms with Gasteiger partial charge in [0.05, 0.1) is 24.2 Å². The number of aryl methyl sites for hydroxylation is 1. The van der Waals surface area contributed by atoms with E-state index >= 15 is 4.39 Å². The molecule has 3 atom stereocenters. The molecule has 3 N–H and O–H groups in total. The molecule has 2 aliphatic carbocycles. The molecule has 8 heterocycles. The van der Waals surface area contributed by atoms with E-state index in [9.17, 15) is 19.5 Å². The van der Waals surface area contributed by atoms with Crippen LogP contribution in [0.2, 0.25) is 0 Å². The number of nitrogens with one attached hydrogen (secondary N) is 2. The summed E-state index contributed by atoms with van der Waals surface area (Å²) in [6.07, 6.45) is 14.5. The van der Waals surface area contributed by atoms with Crippen molar-refractivity contribution in [1.82, 2.24) is 35.4 Å². The third-order valence-electron chi connectivity index (χ3n) is 17.8. The van der Waals surface area contributed by atoms with Crippen molar-refractivity contribution in [3.8, 4) is 23.0 Å². The Labute approximate surface area is 418 Å². The molecule has 2 saturated carbocycles. The number of rotatable bonds is 12. The highest BCUT2D eigenvalue weighted by molar-refractivity contribution is 6.06. The topological polar surface area (TPSA) is 166 Å². The SMILES string of the molecule is CCc1cccc2cc(O)cc(-c3ncc4c(N5CC6CCC(C5)N6)nc(OCC5(CN6CCC(OC7CC8(CCN(c9ccc%10c(c9)CN(C9CCC(=O)NC9=O)C%10=O)CC8)C7)CC6)CC5)nc4c3F)c12. The number of hydrogen-bond acceptors (Lipinski definition) is 13. The highest BCUT2D eigenvalue weighted by atomic mass is 19.1. The van der Waals surface area contributed by atoms with Crippen molar-refractivity contribution in [3.05, 3.63) is 77.2 Å². The Bertz CT molecular complexity index is 2980. The monoisotopic (exact) mass is 977 g/mol. The Morgan fingerprint density at radius 1 is 0.861 bits per heavy atom. The number of fused-ring (bicyclic) bond motifs is 5. The molecule has 376 valence electrons. The minimum absolute atomic E-state index is 0.00187. The summed E-state index contributed by atoms with van der Waals surface area (Å²) in [6.45, 7) is 9.34. The van der Waals surface area contributed by atoms with Gasteiger partial charge in [-0.05, 0) is 135 Å². The van der Waals surface area contributed by atoms with Crippen LogP contribution < -0.4 is 25.2 Å². The number of carbonyl (C=O) groups excluding carboxylic acids is 3. The number of phenols is 1. The van der Waals surface area contributed by atoms with Crippen molar-refractivity contribution in [2.75, 3.05) is 62.2 Å². The van der Waals surface area contributed by atoms with Gasteiger partial charge in [0.15, 0.2) is 5.82 Å². The smallest absolute Gasteiger partial charge is 0.319 e. The number of aromatic nitrogens is 3. The van der Waals surface area contributed by atoms with Gasteiger partial charge < -0.3 is 39.5 Å². The molecule has 13 rings (SSSR count). The summed E-state index contributed by atoms with van der Waals surface area (Å²) in [7, 11) is 0. The number of aromatic hydroxyl groups is 1. The molecule has 3 aromatic carbocycles. The predicted molar refractivity (Wildman–Crippen MR) is 271 cm³/mol. The van der Waals surface area contributed by atoms with Gasteiger partial charge in [0, 0.05) is 99.3 Å². The zero-order valence-electron chi connectivity index (χ0n) is 41.1. The Morgan fingerprint density at radius 2 is 1.65 bits per heavy atom. The van der Waals surface area contributed by atoms with Crippen LogP contribution in [-0.2, 0) is 27.3 Å². The molecule has 1 spiro atoms. The second-order valence-electron chi connectivity index (χ2n) is 22.6. The first-order valence-corrected chi connectivity index (χ1v) is 26.6. The van der Waals surface area contributed by atoms with Crippen LogP contribution in [0, 0.1) is 16.6 Å². The number of anilines is 2. The lowest BCUT2D eigenvalue weighted by Gasteiger charge is -2.53. The molecule has 7 fully saturated rings. The average molecular weight is 978 g/mol. The number of benzene rings is 3. The first-order chi connectivity index (χ1) is 35.0. The number of ether oxygens (including phenoxy) is 2. The number of piperidine rings is 3. The summed E-state index contributed by atoms with van der Waals surface area (Å²) >= 11 is 0. The number of hydrogen-bond donors (Lipinski definition) is 3. The third kappa shape index (κ3) is 8.40. The van der Waals surface area contributed by atoms with Crippen molar-refractivity contribution in [1.29, 1.82) is 0 Å². The lowest BCUT2D eigenvalue weighted by atomic mass is 9.61. The molecule has 15 nitrogen and oxygen atoms in total. The van der Waals surface area contributed by atoms with E-state index in [1.165, 1.54) is 0 Å². The molecule has 0 radical (unpaired) electrons. The van der Waals surface area contributed by atoms with Gasteiger partial charge in [-0.1, -0.05) is 25.1 Å². The molecule has 72 heavy (non-hydrogen) atoms. The zero-order chi connectivity index (χ0) is 48.9. The maximum atomic E-state index is 17.2. The van der Waals surface area contributed by atoms with E-state index < -0.39 is 11.9 Å². The first kappa shape index (κ1) is 45.9. The normalized spacial score (nSPS) is 25.1. The lowest BCUT2D eigenvalue weighted by molar-refractivity contribution is -0.137. The molecule has 2 bridgehead atoms.